The summed E-state index contributed by atoms with van der Waals surface area (Å²) in [4.78, 5) is 9.10. The number of benzene rings is 1. The Labute approximate surface area is 203 Å². The standard InChI is InChI=1S/C21H35N5O3S.HI/c1-3-22-21(23-11-16-30(27,28)24-17-18-7-6-8-18)26-14-12-25(13-15-26)19-9-4-5-10-20(19)29-2;/h4-5,9-10,18,24H,3,6-8,11-17H2,1-2H3,(H,22,23);1H. The number of hydrogen-bond donors (Lipinski definition) is 2. The Kier molecular flexibility index (Phi) is 10.6. The van der Waals surface area contributed by atoms with Gasteiger partial charge in [0.05, 0.1) is 25.1 Å². The van der Waals surface area contributed by atoms with Crippen LogP contribution in [-0.2, 0) is 10.0 Å². The number of rotatable bonds is 9. The van der Waals surface area contributed by atoms with E-state index in [0.29, 0.717) is 12.5 Å². The van der Waals surface area contributed by atoms with Crippen molar-refractivity contribution in [3.05, 3.63) is 24.3 Å². The monoisotopic (exact) mass is 565 g/mol. The molecule has 0 atom stereocenters. The van der Waals surface area contributed by atoms with Gasteiger partial charge in [-0.15, -0.1) is 24.0 Å². The molecule has 1 saturated heterocycles. The first-order valence-corrected chi connectivity index (χ1v) is 12.6. The molecule has 10 heteroatoms. The number of aliphatic imine (C=N–C) groups is 1. The van der Waals surface area contributed by atoms with Crippen molar-refractivity contribution >= 4 is 45.6 Å². The molecule has 1 aliphatic carbocycles. The number of ether oxygens (including phenoxy) is 1. The van der Waals surface area contributed by atoms with Gasteiger partial charge < -0.3 is 19.9 Å². The zero-order valence-corrected chi connectivity index (χ0v) is 21.7. The summed E-state index contributed by atoms with van der Waals surface area (Å²) < 4.78 is 32.7. The van der Waals surface area contributed by atoms with Crippen LogP contribution >= 0.6 is 24.0 Å². The summed E-state index contributed by atoms with van der Waals surface area (Å²) in [6.07, 6.45) is 3.48. The Balaban J connectivity index is 0.00000341. The minimum Gasteiger partial charge on any atom is -0.495 e. The molecule has 31 heavy (non-hydrogen) atoms. The molecule has 2 fully saturated rings. The largest absolute Gasteiger partial charge is 0.495 e. The van der Waals surface area contributed by atoms with Gasteiger partial charge in [-0.2, -0.15) is 0 Å². The predicted octanol–water partition coefficient (Wildman–Crippen LogP) is 2.12. The zero-order valence-electron chi connectivity index (χ0n) is 18.5. The van der Waals surface area contributed by atoms with E-state index in [1.165, 1.54) is 6.42 Å². The van der Waals surface area contributed by atoms with Gasteiger partial charge in [0, 0.05) is 39.3 Å². The van der Waals surface area contributed by atoms with Gasteiger partial charge in [-0.25, -0.2) is 13.1 Å². The number of sulfonamides is 1. The third-order valence-electron chi connectivity index (χ3n) is 5.78. The number of anilines is 1. The fraction of sp³-hybridized carbons (Fsp3) is 0.667. The molecule has 1 aromatic rings. The second kappa shape index (κ2) is 12.7. The first-order chi connectivity index (χ1) is 14.5. The lowest BCUT2D eigenvalue weighted by atomic mass is 9.86. The molecule has 0 radical (unpaired) electrons. The highest BCUT2D eigenvalue weighted by Crippen LogP contribution is 2.28. The van der Waals surface area contributed by atoms with Gasteiger partial charge in [-0.3, -0.25) is 4.99 Å². The number of piperazine rings is 1. The topological polar surface area (TPSA) is 86.3 Å². The Morgan fingerprint density at radius 2 is 1.90 bits per heavy atom. The van der Waals surface area contributed by atoms with E-state index in [0.717, 1.165) is 63.0 Å². The van der Waals surface area contributed by atoms with Gasteiger partial charge in [-0.05, 0) is 37.8 Å². The summed E-state index contributed by atoms with van der Waals surface area (Å²) in [5, 5.41) is 3.30. The maximum atomic E-state index is 12.2. The van der Waals surface area contributed by atoms with E-state index >= 15 is 0 Å². The average Bonchev–Trinajstić information content (AvgIpc) is 2.72. The van der Waals surface area contributed by atoms with Crippen LogP contribution in [-0.4, -0.2) is 78.0 Å². The lowest BCUT2D eigenvalue weighted by Gasteiger charge is -2.38. The molecule has 1 aliphatic heterocycles. The normalized spacial score (nSPS) is 17.7. The summed E-state index contributed by atoms with van der Waals surface area (Å²) in [6, 6.07) is 8.06. The van der Waals surface area contributed by atoms with Crippen molar-refractivity contribution < 1.29 is 13.2 Å². The number of para-hydroxylation sites is 2. The van der Waals surface area contributed by atoms with E-state index < -0.39 is 10.0 Å². The van der Waals surface area contributed by atoms with E-state index in [2.05, 4.69) is 30.9 Å². The van der Waals surface area contributed by atoms with E-state index in [4.69, 9.17) is 4.74 Å². The molecule has 0 bridgehead atoms. The fourth-order valence-electron chi connectivity index (χ4n) is 3.76. The van der Waals surface area contributed by atoms with Crippen LogP contribution in [0.25, 0.3) is 0 Å². The summed E-state index contributed by atoms with van der Waals surface area (Å²) in [6.45, 7) is 6.94. The number of nitrogens with zero attached hydrogens (tertiary/aromatic N) is 3. The van der Waals surface area contributed by atoms with E-state index in [1.54, 1.807) is 7.11 Å². The molecule has 8 nitrogen and oxygen atoms in total. The molecule has 0 aromatic heterocycles. The van der Waals surface area contributed by atoms with Gasteiger partial charge in [-0.1, -0.05) is 18.6 Å². The minimum absolute atomic E-state index is 0. The highest BCUT2D eigenvalue weighted by molar-refractivity contribution is 14.0. The third kappa shape index (κ3) is 7.67. The summed E-state index contributed by atoms with van der Waals surface area (Å²) in [7, 11) is -1.58. The fourth-order valence-corrected chi connectivity index (χ4v) is 4.73. The van der Waals surface area contributed by atoms with Gasteiger partial charge in [0.1, 0.15) is 5.75 Å². The maximum Gasteiger partial charge on any atom is 0.213 e. The van der Waals surface area contributed by atoms with Crippen LogP contribution in [0.4, 0.5) is 5.69 Å². The quantitative estimate of drug-likeness (QED) is 0.271. The first kappa shape index (κ1) is 26.0. The number of methoxy groups -OCH3 is 1. The number of guanidine groups is 1. The molecule has 1 saturated carbocycles. The van der Waals surface area contributed by atoms with Crippen LogP contribution in [0.2, 0.25) is 0 Å². The summed E-state index contributed by atoms with van der Waals surface area (Å²) in [5.74, 6) is 2.20. The molecule has 0 unspecified atom stereocenters. The van der Waals surface area contributed by atoms with Gasteiger partial charge in [0.2, 0.25) is 10.0 Å². The van der Waals surface area contributed by atoms with E-state index in [9.17, 15) is 8.42 Å². The van der Waals surface area contributed by atoms with Crippen LogP contribution < -0.4 is 19.7 Å². The smallest absolute Gasteiger partial charge is 0.213 e. The summed E-state index contributed by atoms with van der Waals surface area (Å²) in [5.41, 5.74) is 1.10. The average molecular weight is 566 g/mol. The highest BCUT2D eigenvalue weighted by atomic mass is 127. The molecule has 0 amide bonds. The van der Waals surface area contributed by atoms with Gasteiger partial charge in [0.25, 0.3) is 0 Å². The van der Waals surface area contributed by atoms with Crippen molar-refractivity contribution in [2.24, 2.45) is 10.9 Å². The Bertz CT molecular complexity index is 809. The van der Waals surface area contributed by atoms with Crippen LogP contribution in [0.1, 0.15) is 26.2 Å². The second-order valence-electron chi connectivity index (χ2n) is 7.85. The van der Waals surface area contributed by atoms with Gasteiger partial charge in [0.15, 0.2) is 5.96 Å². The third-order valence-corrected chi connectivity index (χ3v) is 7.10. The van der Waals surface area contributed by atoms with Crippen LogP contribution in [0.15, 0.2) is 29.3 Å². The van der Waals surface area contributed by atoms with Crippen LogP contribution in [0.3, 0.4) is 0 Å². The molecular weight excluding hydrogens is 529 g/mol. The first-order valence-electron chi connectivity index (χ1n) is 10.9. The molecule has 1 aromatic carbocycles. The predicted molar refractivity (Wildman–Crippen MR) is 137 cm³/mol. The van der Waals surface area contributed by atoms with Crippen molar-refractivity contribution in [3.63, 3.8) is 0 Å². The Morgan fingerprint density at radius 1 is 1.19 bits per heavy atom. The van der Waals surface area contributed by atoms with Crippen molar-refractivity contribution in [2.75, 3.05) is 63.6 Å². The molecule has 0 spiro atoms. The zero-order chi connectivity index (χ0) is 21.4. The van der Waals surface area contributed by atoms with E-state index in [1.807, 2.05) is 25.1 Å². The van der Waals surface area contributed by atoms with Crippen molar-refractivity contribution in [2.45, 2.75) is 26.2 Å². The van der Waals surface area contributed by atoms with Crippen LogP contribution in [0, 0.1) is 5.92 Å². The van der Waals surface area contributed by atoms with Crippen molar-refractivity contribution in [1.29, 1.82) is 0 Å². The number of hydrogen-bond acceptors (Lipinski definition) is 5. The highest BCUT2D eigenvalue weighted by Gasteiger charge is 2.22. The lowest BCUT2D eigenvalue weighted by molar-refractivity contribution is 0.316. The lowest BCUT2D eigenvalue weighted by Crippen LogP contribution is -2.52. The maximum absolute atomic E-state index is 12.2. The second-order valence-corrected chi connectivity index (χ2v) is 9.77. The molecular formula is C21H36IN5O3S. The Morgan fingerprint density at radius 3 is 2.52 bits per heavy atom. The SMILES string of the molecule is CCNC(=NCCS(=O)(=O)NCC1CCC1)N1CCN(c2ccccc2OC)CC1.I. The number of halogens is 1. The Hall–Kier alpha value is -1.27. The van der Waals surface area contributed by atoms with E-state index in [-0.39, 0.29) is 36.3 Å². The molecule has 176 valence electrons. The molecule has 3 rings (SSSR count). The van der Waals surface area contributed by atoms with Crippen molar-refractivity contribution in [1.82, 2.24) is 14.9 Å². The molecule has 2 N–H and O–H groups in total. The summed E-state index contributed by atoms with van der Waals surface area (Å²) >= 11 is 0. The number of nitrogens with one attached hydrogen (secondary N) is 2. The van der Waals surface area contributed by atoms with Crippen molar-refractivity contribution in [3.8, 4) is 5.75 Å². The molecule has 2 aliphatic rings. The van der Waals surface area contributed by atoms with Crippen LogP contribution in [0.5, 0.6) is 5.75 Å². The minimum atomic E-state index is -3.27. The van der Waals surface area contributed by atoms with Gasteiger partial charge >= 0.3 is 0 Å². The molecule has 1 heterocycles.